The summed E-state index contributed by atoms with van der Waals surface area (Å²) in [4.78, 5) is 14.0. The van der Waals surface area contributed by atoms with E-state index in [4.69, 9.17) is 16.0 Å². The molecule has 0 aliphatic carbocycles. The minimum absolute atomic E-state index is 0.115. The number of aryl methyl sites for hydroxylation is 2. The maximum absolute atomic E-state index is 12.4. The van der Waals surface area contributed by atoms with Crippen molar-refractivity contribution in [1.82, 2.24) is 14.7 Å². The Hall–Kier alpha value is -2.01. The summed E-state index contributed by atoms with van der Waals surface area (Å²) in [6, 6.07) is 3.53. The van der Waals surface area contributed by atoms with E-state index in [-0.39, 0.29) is 11.9 Å². The number of amides is 1. The molecule has 1 atom stereocenters. The van der Waals surface area contributed by atoms with Gasteiger partial charge in [-0.3, -0.25) is 9.48 Å². The highest BCUT2D eigenvalue weighted by Gasteiger charge is 2.18. The summed E-state index contributed by atoms with van der Waals surface area (Å²) in [5.74, 6) is 0.636. The summed E-state index contributed by atoms with van der Waals surface area (Å²) in [5, 5.41) is 5.02. The molecule has 5 nitrogen and oxygen atoms in total. The van der Waals surface area contributed by atoms with E-state index in [0.717, 1.165) is 36.4 Å². The summed E-state index contributed by atoms with van der Waals surface area (Å²) >= 11 is 6.38. The van der Waals surface area contributed by atoms with Crippen LogP contribution in [-0.2, 0) is 11.3 Å². The van der Waals surface area contributed by atoms with Gasteiger partial charge in [0.2, 0.25) is 5.91 Å². The number of hydrogen-bond acceptors (Lipinski definition) is 3. The van der Waals surface area contributed by atoms with Crippen LogP contribution < -0.4 is 0 Å². The van der Waals surface area contributed by atoms with Gasteiger partial charge in [-0.15, -0.1) is 0 Å². The zero-order valence-corrected chi connectivity index (χ0v) is 15.4. The first-order chi connectivity index (χ1) is 11.5. The van der Waals surface area contributed by atoms with E-state index >= 15 is 0 Å². The van der Waals surface area contributed by atoms with Crippen molar-refractivity contribution in [2.24, 2.45) is 0 Å². The van der Waals surface area contributed by atoms with Gasteiger partial charge >= 0.3 is 0 Å². The number of rotatable bonds is 7. The second-order valence-electron chi connectivity index (χ2n) is 5.84. The molecule has 130 valence electrons. The zero-order valence-electron chi connectivity index (χ0n) is 14.6. The monoisotopic (exact) mass is 349 g/mol. The molecule has 0 aliphatic heterocycles. The third-order valence-electron chi connectivity index (χ3n) is 4.11. The number of hydrogen-bond donors (Lipinski definition) is 0. The number of nitrogens with zero attached hydrogens (tertiary/aromatic N) is 3. The molecule has 0 spiro atoms. The molecule has 24 heavy (non-hydrogen) atoms. The molecule has 2 aromatic heterocycles. The molecule has 2 heterocycles. The average Bonchev–Trinajstić information content (AvgIpc) is 3.19. The Morgan fingerprint density at radius 2 is 2.29 bits per heavy atom. The van der Waals surface area contributed by atoms with Crippen LogP contribution in [0.3, 0.4) is 0 Å². The number of aromatic nitrogens is 2. The van der Waals surface area contributed by atoms with E-state index in [1.807, 2.05) is 26.0 Å². The minimum atomic E-state index is -0.138. The second kappa shape index (κ2) is 8.20. The second-order valence-corrected chi connectivity index (χ2v) is 6.20. The van der Waals surface area contributed by atoms with Gasteiger partial charge in [-0.25, -0.2) is 0 Å². The van der Waals surface area contributed by atoms with Crippen LogP contribution in [-0.4, -0.2) is 27.6 Å². The maximum Gasteiger partial charge on any atom is 0.246 e. The molecule has 0 radical (unpaired) electrons. The Bertz CT molecular complexity index is 704. The first-order valence-electron chi connectivity index (χ1n) is 8.16. The van der Waals surface area contributed by atoms with Gasteiger partial charge in [-0.05, 0) is 38.5 Å². The number of halogens is 1. The van der Waals surface area contributed by atoms with E-state index in [1.165, 1.54) is 6.08 Å². The summed E-state index contributed by atoms with van der Waals surface area (Å²) in [5.41, 5.74) is 1.61. The van der Waals surface area contributed by atoms with E-state index < -0.39 is 0 Å². The van der Waals surface area contributed by atoms with Gasteiger partial charge in [0, 0.05) is 25.2 Å². The van der Waals surface area contributed by atoms with Gasteiger partial charge in [-0.2, -0.15) is 5.10 Å². The topological polar surface area (TPSA) is 51.3 Å². The average molecular weight is 350 g/mol. The quantitative estimate of drug-likeness (QED) is 0.693. The van der Waals surface area contributed by atoms with Gasteiger partial charge in [0.15, 0.2) is 0 Å². The lowest BCUT2D eigenvalue weighted by Crippen LogP contribution is -2.27. The summed E-state index contributed by atoms with van der Waals surface area (Å²) in [7, 11) is 1.75. The van der Waals surface area contributed by atoms with Crippen LogP contribution in [0.5, 0.6) is 0 Å². The molecule has 0 N–H and O–H groups in total. The van der Waals surface area contributed by atoms with Crippen LogP contribution >= 0.6 is 11.6 Å². The molecule has 0 aliphatic rings. The molecule has 2 aromatic rings. The van der Waals surface area contributed by atoms with Crippen LogP contribution in [0.4, 0.5) is 0 Å². The van der Waals surface area contributed by atoms with Crippen LogP contribution in [0.15, 0.2) is 28.9 Å². The molecular weight excluding hydrogens is 326 g/mol. The highest BCUT2D eigenvalue weighted by Crippen LogP contribution is 2.23. The van der Waals surface area contributed by atoms with Crippen molar-refractivity contribution < 1.29 is 9.21 Å². The molecule has 2 rings (SSSR count). The molecule has 0 aromatic carbocycles. The predicted octanol–water partition coefficient (Wildman–Crippen LogP) is 4.47. The third kappa shape index (κ3) is 4.09. The predicted molar refractivity (Wildman–Crippen MR) is 95.8 cm³/mol. The fraction of sp³-hybridized carbons (Fsp3) is 0.444. The van der Waals surface area contributed by atoms with Gasteiger partial charge in [0.1, 0.15) is 10.9 Å². The van der Waals surface area contributed by atoms with Gasteiger partial charge in [0.05, 0.1) is 18.0 Å². The lowest BCUT2D eigenvalue weighted by Gasteiger charge is -2.21. The number of carbonyl (C=O) groups is 1. The highest BCUT2D eigenvalue weighted by molar-refractivity contribution is 6.31. The maximum atomic E-state index is 12.4. The Labute approximate surface area is 147 Å². The van der Waals surface area contributed by atoms with E-state index in [1.54, 1.807) is 29.0 Å². The van der Waals surface area contributed by atoms with E-state index in [9.17, 15) is 4.79 Å². The lowest BCUT2D eigenvalue weighted by molar-refractivity contribution is -0.126. The Kier molecular flexibility index (Phi) is 6.26. The SMILES string of the molecule is CCCCn1nc(C)c(/C=C/C(=O)N(C)C(C)c2ccco2)c1Cl. The first kappa shape index (κ1) is 18.3. The first-order valence-corrected chi connectivity index (χ1v) is 8.54. The van der Waals surface area contributed by atoms with Crippen molar-refractivity contribution in [3.8, 4) is 0 Å². The number of furan rings is 1. The minimum Gasteiger partial charge on any atom is -0.467 e. The van der Waals surface area contributed by atoms with Crippen molar-refractivity contribution >= 4 is 23.6 Å². The molecule has 6 heteroatoms. The molecule has 0 saturated carbocycles. The van der Waals surface area contributed by atoms with E-state index in [2.05, 4.69) is 12.0 Å². The molecule has 1 amide bonds. The normalized spacial score (nSPS) is 12.7. The molecule has 0 fully saturated rings. The van der Waals surface area contributed by atoms with Crippen molar-refractivity contribution in [3.63, 3.8) is 0 Å². The van der Waals surface area contributed by atoms with Crippen LogP contribution in [0.25, 0.3) is 6.08 Å². The summed E-state index contributed by atoms with van der Waals surface area (Å²) in [6.07, 6.45) is 6.97. The zero-order chi connectivity index (χ0) is 17.7. The largest absolute Gasteiger partial charge is 0.467 e. The fourth-order valence-electron chi connectivity index (χ4n) is 2.40. The Morgan fingerprint density at radius 1 is 1.54 bits per heavy atom. The summed E-state index contributed by atoms with van der Waals surface area (Å²) in [6.45, 7) is 6.73. The number of unbranched alkanes of at least 4 members (excludes halogenated alkanes) is 1. The van der Waals surface area contributed by atoms with Gasteiger partial charge in [0.25, 0.3) is 0 Å². The molecule has 1 unspecified atom stereocenters. The van der Waals surface area contributed by atoms with Crippen LogP contribution in [0.2, 0.25) is 5.15 Å². The highest BCUT2D eigenvalue weighted by atomic mass is 35.5. The molecule has 0 bridgehead atoms. The molecular formula is C18H24ClN3O2. The van der Waals surface area contributed by atoms with Crippen LogP contribution in [0.1, 0.15) is 49.7 Å². The smallest absolute Gasteiger partial charge is 0.246 e. The van der Waals surface area contributed by atoms with Crippen molar-refractivity contribution in [3.05, 3.63) is 46.6 Å². The molecule has 0 saturated heterocycles. The summed E-state index contributed by atoms with van der Waals surface area (Å²) < 4.78 is 7.15. The van der Waals surface area contributed by atoms with Gasteiger partial charge < -0.3 is 9.32 Å². The standard InChI is InChI=1S/C18H24ClN3O2/c1-5-6-11-22-18(19)15(13(2)20-22)9-10-17(23)21(4)14(3)16-8-7-12-24-16/h7-10,12,14H,5-6,11H2,1-4H3/b10-9+. The van der Waals surface area contributed by atoms with Crippen molar-refractivity contribution in [2.45, 2.75) is 46.2 Å². The number of carbonyl (C=O) groups excluding carboxylic acids is 1. The Morgan fingerprint density at radius 3 is 2.92 bits per heavy atom. The lowest BCUT2D eigenvalue weighted by atomic mass is 10.2. The Balaban J connectivity index is 2.10. The third-order valence-corrected chi connectivity index (χ3v) is 4.51. The van der Waals surface area contributed by atoms with Gasteiger partial charge in [-0.1, -0.05) is 24.9 Å². The van der Waals surface area contributed by atoms with E-state index in [0.29, 0.717) is 5.15 Å². The van der Waals surface area contributed by atoms with Crippen molar-refractivity contribution in [2.75, 3.05) is 7.05 Å². The fourth-order valence-corrected chi connectivity index (χ4v) is 2.72. The van der Waals surface area contributed by atoms with Crippen molar-refractivity contribution in [1.29, 1.82) is 0 Å². The number of likely N-dealkylation sites (N-methyl/N-ethyl adjacent to an activating group) is 1. The van der Waals surface area contributed by atoms with Crippen LogP contribution in [0, 0.1) is 6.92 Å².